The molecule has 108 valence electrons. The van der Waals surface area contributed by atoms with E-state index in [-0.39, 0.29) is 0 Å². The van der Waals surface area contributed by atoms with E-state index >= 15 is 0 Å². The number of hydrogen-bond acceptors (Lipinski definition) is 3. The van der Waals surface area contributed by atoms with Crippen molar-refractivity contribution in [3.8, 4) is 11.5 Å². The molecule has 1 aromatic carbocycles. The Morgan fingerprint density at radius 2 is 1.95 bits per heavy atom. The van der Waals surface area contributed by atoms with Crippen molar-refractivity contribution in [3.05, 3.63) is 18.0 Å². The van der Waals surface area contributed by atoms with Crippen molar-refractivity contribution in [2.75, 3.05) is 14.2 Å². The summed E-state index contributed by atoms with van der Waals surface area (Å²) >= 11 is 6.04. The third kappa shape index (κ3) is 2.44. The van der Waals surface area contributed by atoms with E-state index in [9.17, 15) is 0 Å². The monoisotopic (exact) mass is 294 g/mol. The molecule has 3 rings (SSSR count). The molecule has 1 aliphatic rings. The van der Waals surface area contributed by atoms with Crippen LogP contribution < -0.4 is 9.47 Å². The highest BCUT2D eigenvalue weighted by atomic mass is 35.5. The molecule has 5 heteroatoms. The molecule has 1 aliphatic carbocycles. The SMILES string of the molecule is COc1cc2nc(CCl)n(CCC3CC3)c2cc1OC. The van der Waals surface area contributed by atoms with Gasteiger partial charge >= 0.3 is 0 Å². The van der Waals surface area contributed by atoms with Crippen molar-refractivity contribution < 1.29 is 9.47 Å². The molecule has 1 aromatic heterocycles. The van der Waals surface area contributed by atoms with Crippen LogP contribution in [0, 0.1) is 5.92 Å². The van der Waals surface area contributed by atoms with Gasteiger partial charge in [0, 0.05) is 18.7 Å². The van der Waals surface area contributed by atoms with Crippen LogP contribution in [0.1, 0.15) is 25.1 Å². The summed E-state index contributed by atoms with van der Waals surface area (Å²) in [5.74, 6) is 3.65. The molecule has 0 N–H and O–H groups in total. The van der Waals surface area contributed by atoms with Crippen LogP contribution in [0.25, 0.3) is 11.0 Å². The lowest BCUT2D eigenvalue weighted by atomic mass is 10.2. The molecule has 0 radical (unpaired) electrons. The minimum atomic E-state index is 0.421. The molecule has 4 nitrogen and oxygen atoms in total. The maximum atomic E-state index is 6.04. The predicted molar refractivity (Wildman–Crippen MR) is 79.7 cm³/mol. The second-order valence-electron chi connectivity index (χ2n) is 5.24. The van der Waals surface area contributed by atoms with E-state index in [4.69, 9.17) is 21.1 Å². The molecule has 0 amide bonds. The van der Waals surface area contributed by atoms with Crippen LogP contribution >= 0.6 is 11.6 Å². The molecule has 1 saturated carbocycles. The minimum absolute atomic E-state index is 0.421. The summed E-state index contributed by atoms with van der Waals surface area (Å²) in [6, 6.07) is 3.90. The Kier molecular flexibility index (Phi) is 3.74. The summed E-state index contributed by atoms with van der Waals surface area (Å²) < 4.78 is 12.9. The van der Waals surface area contributed by atoms with Crippen molar-refractivity contribution in [2.45, 2.75) is 31.7 Å². The number of imidazole rings is 1. The molecule has 0 unspecified atom stereocenters. The van der Waals surface area contributed by atoms with Crippen LogP contribution in [0.15, 0.2) is 12.1 Å². The molecule has 2 aromatic rings. The summed E-state index contributed by atoms with van der Waals surface area (Å²) in [5.41, 5.74) is 1.98. The molecule has 1 fully saturated rings. The molecular weight excluding hydrogens is 276 g/mol. The Balaban J connectivity index is 2.04. The zero-order valence-electron chi connectivity index (χ0n) is 11.9. The Bertz CT molecular complexity index is 620. The first kappa shape index (κ1) is 13.6. The fraction of sp³-hybridized carbons (Fsp3) is 0.533. The normalized spacial score (nSPS) is 14.8. The molecule has 0 saturated heterocycles. The minimum Gasteiger partial charge on any atom is -0.493 e. The van der Waals surface area contributed by atoms with Crippen LogP contribution in [0.2, 0.25) is 0 Å². The fourth-order valence-electron chi connectivity index (χ4n) is 2.57. The van der Waals surface area contributed by atoms with E-state index in [1.165, 1.54) is 19.3 Å². The largest absolute Gasteiger partial charge is 0.493 e. The maximum absolute atomic E-state index is 6.04. The smallest absolute Gasteiger partial charge is 0.163 e. The third-order valence-electron chi connectivity index (χ3n) is 3.91. The number of rotatable bonds is 6. The number of benzene rings is 1. The van der Waals surface area contributed by atoms with Crippen LogP contribution in [0.3, 0.4) is 0 Å². The summed E-state index contributed by atoms with van der Waals surface area (Å²) in [5, 5.41) is 0. The summed E-state index contributed by atoms with van der Waals surface area (Å²) in [6.45, 7) is 0.971. The lowest BCUT2D eigenvalue weighted by Crippen LogP contribution is -2.03. The van der Waals surface area contributed by atoms with Gasteiger partial charge in [0.15, 0.2) is 11.5 Å². The van der Waals surface area contributed by atoms with Crippen LogP contribution in [0.5, 0.6) is 11.5 Å². The summed E-state index contributed by atoms with van der Waals surface area (Å²) in [7, 11) is 3.29. The molecule has 20 heavy (non-hydrogen) atoms. The Morgan fingerprint density at radius 1 is 1.25 bits per heavy atom. The Morgan fingerprint density at radius 3 is 2.55 bits per heavy atom. The average Bonchev–Trinajstić information content (AvgIpc) is 3.24. The quantitative estimate of drug-likeness (QED) is 0.764. The highest BCUT2D eigenvalue weighted by molar-refractivity contribution is 6.16. The highest BCUT2D eigenvalue weighted by Gasteiger charge is 2.22. The van der Waals surface area contributed by atoms with Gasteiger partial charge in [-0.25, -0.2) is 4.98 Å². The Hall–Kier alpha value is -1.42. The Labute approximate surface area is 123 Å². The number of aryl methyl sites for hydroxylation is 1. The van der Waals surface area contributed by atoms with Gasteiger partial charge in [-0.15, -0.1) is 11.6 Å². The number of fused-ring (bicyclic) bond motifs is 1. The molecule has 0 spiro atoms. The van der Waals surface area contributed by atoms with Crippen LogP contribution in [0.4, 0.5) is 0 Å². The first-order chi connectivity index (χ1) is 9.76. The topological polar surface area (TPSA) is 36.3 Å². The molecule has 0 atom stereocenters. The van der Waals surface area contributed by atoms with Gasteiger partial charge in [0.1, 0.15) is 5.82 Å². The van der Waals surface area contributed by atoms with Crippen molar-refractivity contribution in [3.63, 3.8) is 0 Å². The van der Waals surface area contributed by atoms with E-state index < -0.39 is 0 Å². The lowest BCUT2D eigenvalue weighted by Gasteiger charge is -2.10. The summed E-state index contributed by atoms with van der Waals surface area (Å²) in [4.78, 5) is 4.61. The second-order valence-corrected chi connectivity index (χ2v) is 5.51. The number of hydrogen-bond donors (Lipinski definition) is 0. The predicted octanol–water partition coefficient (Wildman–Crippen LogP) is 3.59. The van der Waals surface area contributed by atoms with Crippen molar-refractivity contribution in [2.24, 2.45) is 5.92 Å². The molecule has 1 heterocycles. The van der Waals surface area contributed by atoms with Gasteiger partial charge in [-0.3, -0.25) is 0 Å². The maximum Gasteiger partial charge on any atom is 0.163 e. The van der Waals surface area contributed by atoms with E-state index in [0.717, 1.165) is 35.1 Å². The van der Waals surface area contributed by atoms with E-state index in [1.807, 2.05) is 12.1 Å². The van der Waals surface area contributed by atoms with Gasteiger partial charge < -0.3 is 14.0 Å². The molecular formula is C15H19ClN2O2. The zero-order valence-corrected chi connectivity index (χ0v) is 12.6. The average molecular weight is 295 g/mol. The van der Waals surface area contributed by atoms with Gasteiger partial charge in [-0.1, -0.05) is 12.8 Å². The number of nitrogens with zero attached hydrogens (tertiary/aromatic N) is 2. The van der Waals surface area contributed by atoms with Crippen LogP contribution in [-0.2, 0) is 12.4 Å². The molecule has 0 bridgehead atoms. The van der Waals surface area contributed by atoms with Gasteiger partial charge in [0.25, 0.3) is 0 Å². The third-order valence-corrected chi connectivity index (χ3v) is 4.15. The second kappa shape index (κ2) is 5.52. The van der Waals surface area contributed by atoms with Gasteiger partial charge in [0.2, 0.25) is 0 Å². The van der Waals surface area contributed by atoms with E-state index in [0.29, 0.717) is 11.6 Å². The van der Waals surface area contributed by atoms with E-state index in [2.05, 4.69) is 9.55 Å². The number of methoxy groups -OCH3 is 2. The van der Waals surface area contributed by atoms with Crippen molar-refractivity contribution in [1.82, 2.24) is 9.55 Å². The number of ether oxygens (including phenoxy) is 2. The first-order valence-corrected chi connectivity index (χ1v) is 7.47. The van der Waals surface area contributed by atoms with Crippen LogP contribution in [-0.4, -0.2) is 23.8 Å². The number of halogens is 1. The number of alkyl halides is 1. The number of aromatic nitrogens is 2. The highest BCUT2D eigenvalue weighted by Crippen LogP contribution is 2.35. The standard InChI is InChI=1S/C15H19ClN2O2/c1-19-13-7-11-12(8-14(13)20-2)18(15(9-16)17-11)6-5-10-3-4-10/h7-8,10H,3-6,9H2,1-2H3. The van der Waals surface area contributed by atoms with Gasteiger partial charge in [0.05, 0.1) is 31.1 Å². The van der Waals surface area contributed by atoms with E-state index in [1.54, 1.807) is 14.2 Å². The van der Waals surface area contributed by atoms with Crippen molar-refractivity contribution >= 4 is 22.6 Å². The fourth-order valence-corrected chi connectivity index (χ4v) is 2.78. The van der Waals surface area contributed by atoms with Crippen molar-refractivity contribution in [1.29, 1.82) is 0 Å². The summed E-state index contributed by atoms with van der Waals surface area (Å²) in [6.07, 6.45) is 3.92. The van der Waals surface area contributed by atoms with Gasteiger partial charge in [-0.2, -0.15) is 0 Å². The zero-order chi connectivity index (χ0) is 14.1. The molecule has 0 aliphatic heterocycles. The first-order valence-electron chi connectivity index (χ1n) is 6.94. The van der Waals surface area contributed by atoms with Gasteiger partial charge in [-0.05, 0) is 12.3 Å². The lowest BCUT2D eigenvalue weighted by molar-refractivity contribution is 0.355.